The van der Waals surface area contributed by atoms with Gasteiger partial charge in [-0.05, 0) is 29.8 Å². The van der Waals surface area contributed by atoms with Gasteiger partial charge in [-0.1, -0.05) is 34.1 Å². The van der Waals surface area contributed by atoms with Crippen molar-refractivity contribution in [3.63, 3.8) is 0 Å². The molecule has 1 aromatic heterocycles. The summed E-state index contributed by atoms with van der Waals surface area (Å²) in [7, 11) is 2.81. The third-order valence-electron chi connectivity index (χ3n) is 3.85. The van der Waals surface area contributed by atoms with Crippen LogP contribution in [0.25, 0.3) is 10.8 Å². The summed E-state index contributed by atoms with van der Waals surface area (Å²) >= 11 is 3.36. The Morgan fingerprint density at radius 2 is 2.00 bits per heavy atom. The first-order chi connectivity index (χ1) is 12.0. The second-order valence-electron chi connectivity index (χ2n) is 5.33. The van der Waals surface area contributed by atoms with Crippen molar-refractivity contribution < 1.29 is 14.3 Å². The number of halogens is 1. The lowest BCUT2D eigenvalue weighted by Gasteiger charge is -2.17. The highest BCUT2D eigenvalue weighted by atomic mass is 79.9. The van der Waals surface area contributed by atoms with Gasteiger partial charge in [-0.15, -0.1) is 0 Å². The van der Waals surface area contributed by atoms with Gasteiger partial charge in [0.1, 0.15) is 5.75 Å². The summed E-state index contributed by atoms with van der Waals surface area (Å²) in [5.41, 5.74) is 0.173. The summed E-state index contributed by atoms with van der Waals surface area (Å²) in [6, 6.07) is 11.2. The third kappa shape index (κ3) is 3.28. The minimum absolute atomic E-state index is 0.378. The minimum atomic E-state index is -1.00. The molecule has 0 radical (unpaired) electrons. The Morgan fingerprint density at radius 3 is 2.72 bits per heavy atom. The van der Waals surface area contributed by atoms with Gasteiger partial charge < -0.3 is 9.47 Å². The van der Waals surface area contributed by atoms with E-state index in [0.29, 0.717) is 22.1 Å². The number of rotatable bonds is 4. The van der Waals surface area contributed by atoms with E-state index in [1.807, 2.05) is 6.07 Å². The number of fused-ring (bicyclic) bond motifs is 1. The molecule has 0 aliphatic carbocycles. The Morgan fingerprint density at radius 1 is 1.20 bits per heavy atom. The molecule has 0 saturated heterocycles. The molecule has 25 heavy (non-hydrogen) atoms. The topological polar surface area (TPSA) is 70.4 Å². The molecule has 0 bridgehead atoms. The Balaban J connectivity index is 2.23. The van der Waals surface area contributed by atoms with E-state index in [0.717, 1.165) is 9.15 Å². The summed E-state index contributed by atoms with van der Waals surface area (Å²) in [5, 5.41) is 5.34. The zero-order valence-electron chi connectivity index (χ0n) is 13.6. The van der Waals surface area contributed by atoms with Gasteiger partial charge >= 0.3 is 5.97 Å². The van der Waals surface area contributed by atoms with Crippen LogP contribution in [0.4, 0.5) is 0 Å². The molecule has 0 aliphatic rings. The van der Waals surface area contributed by atoms with Crippen LogP contribution in [0.1, 0.15) is 11.6 Å². The molecule has 0 spiro atoms. The smallest absolute Gasteiger partial charge is 0.335 e. The average molecular weight is 403 g/mol. The van der Waals surface area contributed by atoms with Crippen LogP contribution >= 0.6 is 15.9 Å². The van der Waals surface area contributed by atoms with Crippen LogP contribution < -0.4 is 10.3 Å². The molecule has 3 aromatic rings. The van der Waals surface area contributed by atoms with Crippen LogP contribution in [0.2, 0.25) is 0 Å². The normalized spacial score (nSPS) is 12.0. The molecule has 3 rings (SSSR count). The molecule has 1 unspecified atom stereocenters. The summed E-state index contributed by atoms with van der Waals surface area (Å²) in [6.07, 6.45) is 1.55. The molecule has 2 aromatic carbocycles. The van der Waals surface area contributed by atoms with E-state index in [9.17, 15) is 9.59 Å². The number of carbonyl (C=O) groups is 1. The third-order valence-corrected chi connectivity index (χ3v) is 4.35. The van der Waals surface area contributed by atoms with Gasteiger partial charge in [0.2, 0.25) is 0 Å². The second kappa shape index (κ2) is 7.06. The fraction of sp³-hybridized carbons (Fsp3) is 0.167. The van der Waals surface area contributed by atoms with Crippen LogP contribution in [0.15, 0.2) is 57.9 Å². The van der Waals surface area contributed by atoms with E-state index in [4.69, 9.17) is 9.47 Å². The van der Waals surface area contributed by atoms with Crippen LogP contribution in [0, 0.1) is 0 Å². The number of ether oxygens (including phenoxy) is 2. The fourth-order valence-corrected chi connectivity index (χ4v) is 2.97. The molecule has 0 amide bonds. The Kier molecular flexibility index (Phi) is 4.85. The molecule has 0 N–H and O–H groups in total. The number of benzene rings is 2. The van der Waals surface area contributed by atoms with Crippen LogP contribution in [0.5, 0.6) is 5.75 Å². The highest BCUT2D eigenvalue weighted by molar-refractivity contribution is 9.10. The zero-order chi connectivity index (χ0) is 18.0. The lowest BCUT2D eigenvalue weighted by Crippen LogP contribution is -2.33. The van der Waals surface area contributed by atoms with Crippen LogP contribution in [-0.2, 0) is 9.53 Å². The zero-order valence-corrected chi connectivity index (χ0v) is 15.2. The molecular formula is C18H15BrN2O4. The molecule has 1 heterocycles. The van der Waals surface area contributed by atoms with Gasteiger partial charge in [0.05, 0.1) is 25.8 Å². The molecule has 128 valence electrons. The Labute approximate surface area is 152 Å². The first kappa shape index (κ1) is 17.2. The summed E-state index contributed by atoms with van der Waals surface area (Å²) in [6.45, 7) is 0. The number of hydrogen-bond acceptors (Lipinski definition) is 5. The fourth-order valence-electron chi connectivity index (χ4n) is 2.61. The van der Waals surface area contributed by atoms with E-state index in [2.05, 4.69) is 21.0 Å². The van der Waals surface area contributed by atoms with Crippen LogP contribution in [-0.4, -0.2) is 30.0 Å². The highest BCUT2D eigenvalue weighted by Crippen LogP contribution is 2.23. The van der Waals surface area contributed by atoms with Crippen molar-refractivity contribution >= 4 is 32.7 Å². The minimum Gasteiger partial charge on any atom is -0.497 e. The largest absolute Gasteiger partial charge is 0.497 e. The lowest BCUT2D eigenvalue weighted by atomic mass is 10.1. The Bertz CT molecular complexity index is 1000. The SMILES string of the molecule is COC(=O)C(c1cccc(OC)c1)n1ncc2ccc(Br)cc2c1=O. The highest BCUT2D eigenvalue weighted by Gasteiger charge is 2.26. The van der Waals surface area contributed by atoms with Gasteiger partial charge in [0, 0.05) is 9.86 Å². The quantitative estimate of drug-likeness (QED) is 0.627. The van der Waals surface area contributed by atoms with Crippen molar-refractivity contribution in [3.05, 3.63) is 69.1 Å². The number of hydrogen-bond donors (Lipinski definition) is 0. The van der Waals surface area contributed by atoms with Crippen LogP contribution in [0.3, 0.4) is 0 Å². The van der Waals surface area contributed by atoms with Crippen molar-refractivity contribution in [1.29, 1.82) is 0 Å². The predicted octanol–water partition coefficient (Wildman–Crippen LogP) is 2.93. The number of nitrogens with zero attached hydrogens (tertiary/aromatic N) is 2. The summed E-state index contributed by atoms with van der Waals surface area (Å²) < 4.78 is 12.0. The molecule has 6 nitrogen and oxygen atoms in total. The first-order valence-electron chi connectivity index (χ1n) is 7.44. The summed E-state index contributed by atoms with van der Waals surface area (Å²) in [5.74, 6) is -0.0137. The monoisotopic (exact) mass is 402 g/mol. The van der Waals surface area contributed by atoms with Crippen molar-refractivity contribution in [2.45, 2.75) is 6.04 Å². The average Bonchev–Trinajstić information content (AvgIpc) is 2.64. The molecule has 0 saturated carbocycles. The number of carbonyl (C=O) groups excluding carboxylic acids is 1. The van der Waals surface area contributed by atoms with Gasteiger partial charge in [-0.25, -0.2) is 9.48 Å². The maximum Gasteiger partial charge on any atom is 0.335 e. The number of esters is 1. The standard InChI is InChI=1S/C18H15BrN2O4/c1-24-14-5-3-4-11(8-14)16(18(23)25-2)21-17(22)15-9-13(19)7-6-12(15)10-20-21/h3-10,16H,1-2H3. The van der Waals surface area contributed by atoms with Crippen molar-refractivity contribution in [2.75, 3.05) is 14.2 Å². The number of methoxy groups -OCH3 is 2. The van der Waals surface area contributed by atoms with Gasteiger partial charge in [0.15, 0.2) is 6.04 Å². The maximum absolute atomic E-state index is 12.9. The van der Waals surface area contributed by atoms with Crippen molar-refractivity contribution in [3.8, 4) is 5.75 Å². The lowest BCUT2D eigenvalue weighted by molar-refractivity contribution is -0.143. The van der Waals surface area contributed by atoms with E-state index >= 15 is 0 Å². The second-order valence-corrected chi connectivity index (χ2v) is 6.24. The molecule has 0 aliphatic heterocycles. The molecule has 7 heteroatoms. The number of aromatic nitrogens is 2. The van der Waals surface area contributed by atoms with Gasteiger partial charge in [-0.2, -0.15) is 5.10 Å². The molecule has 0 fully saturated rings. The van der Waals surface area contributed by atoms with Crippen molar-refractivity contribution in [1.82, 2.24) is 9.78 Å². The van der Waals surface area contributed by atoms with Gasteiger partial charge in [0.25, 0.3) is 5.56 Å². The summed E-state index contributed by atoms with van der Waals surface area (Å²) in [4.78, 5) is 25.3. The van der Waals surface area contributed by atoms with E-state index in [1.54, 1.807) is 42.6 Å². The van der Waals surface area contributed by atoms with E-state index in [-0.39, 0.29) is 5.56 Å². The maximum atomic E-state index is 12.9. The van der Waals surface area contributed by atoms with Crippen molar-refractivity contribution in [2.24, 2.45) is 0 Å². The van der Waals surface area contributed by atoms with E-state index in [1.165, 1.54) is 14.2 Å². The Hall–Kier alpha value is -2.67. The first-order valence-corrected chi connectivity index (χ1v) is 8.23. The molecule has 1 atom stereocenters. The molecular weight excluding hydrogens is 388 g/mol. The van der Waals surface area contributed by atoms with E-state index < -0.39 is 12.0 Å². The predicted molar refractivity (Wildman–Crippen MR) is 96.9 cm³/mol. The van der Waals surface area contributed by atoms with Gasteiger partial charge in [-0.3, -0.25) is 4.79 Å².